The maximum absolute atomic E-state index is 12.2. The van der Waals surface area contributed by atoms with Gasteiger partial charge in [-0.2, -0.15) is 0 Å². The van der Waals surface area contributed by atoms with E-state index in [2.05, 4.69) is 42.4 Å². The molecule has 0 unspecified atom stereocenters. The highest BCUT2D eigenvalue weighted by Gasteiger charge is 2.10. The Labute approximate surface area is 225 Å². The van der Waals surface area contributed by atoms with Crippen molar-refractivity contribution in [2.24, 2.45) is 0 Å². The van der Waals surface area contributed by atoms with Gasteiger partial charge in [0.15, 0.2) is 18.1 Å². The fourth-order valence-electron chi connectivity index (χ4n) is 4.46. The van der Waals surface area contributed by atoms with E-state index >= 15 is 0 Å². The summed E-state index contributed by atoms with van der Waals surface area (Å²) >= 11 is 0. The number of methoxy groups -OCH3 is 1. The van der Waals surface area contributed by atoms with Crippen molar-refractivity contribution in [3.63, 3.8) is 0 Å². The minimum atomic E-state index is -0.127. The van der Waals surface area contributed by atoms with E-state index in [4.69, 9.17) is 14.2 Å². The molecule has 0 fully saturated rings. The number of carbonyl (C=O) groups is 1. The van der Waals surface area contributed by atoms with Crippen molar-refractivity contribution in [3.05, 3.63) is 42.1 Å². The summed E-state index contributed by atoms with van der Waals surface area (Å²) in [6.07, 6.45) is 21.3. The molecule has 0 aromatic heterocycles. The second-order valence-corrected chi connectivity index (χ2v) is 9.87. The Morgan fingerprint density at radius 2 is 1.65 bits per heavy atom. The summed E-state index contributed by atoms with van der Waals surface area (Å²) in [5.41, 5.74) is 1.33. The van der Waals surface area contributed by atoms with Crippen LogP contribution in [0.1, 0.15) is 90.9 Å². The Morgan fingerprint density at radius 3 is 2.35 bits per heavy atom. The van der Waals surface area contributed by atoms with Gasteiger partial charge in [0.05, 0.1) is 13.7 Å². The third kappa shape index (κ3) is 13.5. The molecule has 6 heteroatoms. The molecule has 1 amide bonds. The molecule has 0 aliphatic carbocycles. The number of hydrogen-bond donors (Lipinski definition) is 1. The van der Waals surface area contributed by atoms with Gasteiger partial charge in [0.1, 0.15) is 5.75 Å². The number of allylic oxidation sites excluding steroid dienone is 2. The summed E-state index contributed by atoms with van der Waals surface area (Å²) in [7, 11) is 1.62. The van der Waals surface area contributed by atoms with E-state index < -0.39 is 0 Å². The second kappa shape index (κ2) is 19.5. The molecular formula is C31H50N2O4. The number of ether oxygens (including phenoxy) is 3. The topological polar surface area (TPSA) is 60.0 Å². The summed E-state index contributed by atoms with van der Waals surface area (Å²) in [5, 5.41) is 2.95. The van der Waals surface area contributed by atoms with Crippen LogP contribution in [0, 0.1) is 0 Å². The zero-order valence-electron chi connectivity index (χ0n) is 23.6. The average Bonchev–Trinajstić information content (AvgIpc) is 2.91. The van der Waals surface area contributed by atoms with Crippen molar-refractivity contribution in [1.29, 1.82) is 0 Å². The van der Waals surface area contributed by atoms with Gasteiger partial charge in [-0.25, -0.2) is 0 Å². The highest BCUT2D eigenvalue weighted by molar-refractivity contribution is 5.77. The first kappa shape index (κ1) is 30.6. The van der Waals surface area contributed by atoms with Gasteiger partial charge in [-0.05, 0) is 49.2 Å². The third-order valence-electron chi connectivity index (χ3n) is 6.57. The first-order chi connectivity index (χ1) is 18.2. The van der Waals surface area contributed by atoms with Crippen LogP contribution in [-0.4, -0.2) is 50.8 Å². The molecule has 1 aliphatic rings. The number of nitrogens with zero attached hydrogens (tertiary/aromatic N) is 1. The molecule has 1 N–H and O–H groups in total. The summed E-state index contributed by atoms with van der Waals surface area (Å²) in [5.74, 6) is 1.80. The highest BCUT2D eigenvalue weighted by Crippen LogP contribution is 2.31. The van der Waals surface area contributed by atoms with E-state index in [1.54, 1.807) is 13.2 Å². The van der Waals surface area contributed by atoms with Crippen LogP contribution >= 0.6 is 0 Å². The smallest absolute Gasteiger partial charge is 0.257 e. The summed E-state index contributed by atoms with van der Waals surface area (Å²) in [4.78, 5) is 14.5. The molecule has 0 spiro atoms. The standard InChI is InChI=1S/C31H50N2O4/c1-4-6-7-8-9-10-11-12-13-14-23-36-29-18-17-28(24-30(29)35-3)37-26-31(34)32-20-19-27-16-15-22-33(25-27)21-5-2/h15-18,22,24H,4-14,19-21,23,25-26H2,1-3H3,(H,32,34). The van der Waals surface area contributed by atoms with Crippen LogP contribution in [0.15, 0.2) is 42.1 Å². The number of nitrogens with one attached hydrogen (secondary N) is 1. The lowest BCUT2D eigenvalue weighted by Gasteiger charge is -2.24. The molecule has 0 bridgehead atoms. The lowest BCUT2D eigenvalue weighted by atomic mass is 10.1. The lowest BCUT2D eigenvalue weighted by Crippen LogP contribution is -2.31. The molecule has 1 aliphatic heterocycles. The van der Waals surface area contributed by atoms with Gasteiger partial charge in [-0.3, -0.25) is 4.79 Å². The molecule has 0 radical (unpaired) electrons. The van der Waals surface area contributed by atoms with Crippen LogP contribution < -0.4 is 19.5 Å². The van der Waals surface area contributed by atoms with Gasteiger partial charge >= 0.3 is 0 Å². The molecule has 2 rings (SSSR count). The SMILES string of the molecule is CCCCCCCCCCCCOc1ccc(OCC(=O)NCCC2=CC=CN(CCC)C2)cc1OC. The van der Waals surface area contributed by atoms with E-state index in [0.717, 1.165) is 32.4 Å². The van der Waals surface area contributed by atoms with Crippen LogP contribution in [0.25, 0.3) is 0 Å². The van der Waals surface area contributed by atoms with Crippen LogP contribution in [0.3, 0.4) is 0 Å². The molecule has 0 saturated heterocycles. The summed E-state index contributed by atoms with van der Waals surface area (Å²) in [6.45, 7) is 7.70. The predicted octanol–water partition coefficient (Wildman–Crippen LogP) is 7.05. The van der Waals surface area contributed by atoms with Crippen molar-refractivity contribution >= 4 is 5.91 Å². The average molecular weight is 515 g/mol. The normalized spacial score (nSPS) is 12.8. The Morgan fingerprint density at radius 1 is 0.919 bits per heavy atom. The first-order valence-electron chi connectivity index (χ1n) is 14.5. The van der Waals surface area contributed by atoms with Gasteiger partial charge in [-0.1, -0.05) is 77.7 Å². The van der Waals surface area contributed by atoms with Crippen LogP contribution in [0.2, 0.25) is 0 Å². The third-order valence-corrected chi connectivity index (χ3v) is 6.57. The number of carbonyl (C=O) groups excluding carboxylic acids is 1. The molecule has 0 saturated carbocycles. The molecule has 6 nitrogen and oxygen atoms in total. The number of rotatable bonds is 21. The maximum atomic E-state index is 12.2. The Kier molecular flexibility index (Phi) is 16.1. The van der Waals surface area contributed by atoms with Gasteiger partial charge in [0, 0.05) is 25.7 Å². The van der Waals surface area contributed by atoms with Crippen molar-refractivity contribution in [2.75, 3.05) is 40.0 Å². The molecule has 37 heavy (non-hydrogen) atoms. The van der Waals surface area contributed by atoms with Crippen LogP contribution in [0.4, 0.5) is 0 Å². The molecule has 0 atom stereocenters. The molecule has 1 aromatic rings. The Balaban J connectivity index is 1.59. The van der Waals surface area contributed by atoms with E-state index in [-0.39, 0.29) is 12.5 Å². The van der Waals surface area contributed by atoms with Gasteiger partial charge in [-0.15, -0.1) is 0 Å². The van der Waals surface area contributed by atoms with Crippen molar-refractivity contribution in [3.8, 4) is 17.2 Å². The number of unbranched alkanes of at least 4 members (excludes halogenated alkanes) is 9. The number of benzene rings is 1. The summed E-state index contributed by atoms with van der Waals surface area (Å²) < 4.78 is 17.1. The van der Waals surface area contributed by atoms with Crippen molar-refractivity contribution in [2.45, 2.75) is 90.9 Å². The Bertz CT molecular complexity index is 821. The summed E-state index contributed by atoms with van der Waals surface area (Å²) in [6, 6.07) is 5.46. The number of hydrogen-bond acceptors (Lipinski definition) is 5. The van der Waals surface area contributed by atoms with E-state index in [0.29, 0.717) is 30.4 Å². The Hall–Kier alpha value is -2.63. The van der Waals surface area contributed by atoms with E-state index in [9.17, 15) is 4.79 Å². The number of amides is 1. The van der Waals surface area contributed by atoms with E-state index in [1.165, 1.54) is 63.4 Å². The quantitative estimate of drug-likeness (QED) is 0.178. The fourth-order valence-corrected chi connectivity index (χ4v) is 4.46. The van der Waals surface area contributed by atoms with Gasteiger partial charge in [0.25, 0.3) is 5.91 Å². The maximum Gasteiger partial charge on any atom is 0.257 e. The molecule has 1 heterocycles. The minimum absolute atomic E-state index is 0.0249. The minimum Gasteiger partial charge on any atom is -0.493 e. The first-order valence-corrected chi connectivity index (χ1v) is 14.5. The second-order valence-electron chi connectivity index (χ2n) is 9.87. The largest absolute Gasteiger partial charge is 0.493 e. The highest BCUT2D eigenvalue weighted by atomic mass is 16.5. The van der Waals surface area contributed by atoms with Crippen molar-refractivity contribution in [1.82, 2.24) is 10.2 Å². The monoisotopic (exact) mass is 514 g/mol. The lowest BCUT2D eigenvalue weighted by molar-refractivity contribution is -0.123. The van der Waals surface area contributed by atoms with Gasteiger partial charge < -0.3 is 24.4 Å². The zero-order valence-corrected chi connectivity index (χ0v) is 23.6. The predicted molar refractivity (Wildman–Crippen MR) is 153 cm³/mol. The van der Waals surface area contributed by atoms with Crippen LogP contribution in [0.5, 0.6) is 17.2 Å². The van der Waals surface area contributed by atoms with E-state index in [1.807, 2.05) is 12.1 Å². The molecule has 208 valence electrons. The fraction of sp³-hybridized carbons (Fsp3) is 0.645. The van der Waals surface area contributed by atoms with Crippen molar-refractivity contribution < 1.29 is 19.0 Å². The van der Waals surface area contributed by atoms with Crippen LogP contribution in [-0.2, 0) is 4.79 Å². The van der Waals surface area contributed by atoms with Gasteiger partial charge in [0.2, 0.25) is 0 Å². The molecular weight excluding hydrogens is 464 g/mol. The molecule has 1 aromatic carbocycles. The zero-order chi connectivity index (χ0) is 26.6.